The Kier molecular flexibility index (Phi) is 5.71. The summed E-state index contributed by atoms with van der Waals surface area (Å²) in [5.74, 6) is 0.653. The normalized spacial score (nSPS) is 14.2. The Morgan fingerprint density at radius 2 is 1.65 bits per heavy atom. The minimum Gasteiger partial charge on any atom is -0.455 e. The highest BCUT2D eigenvalue weighted by Crippen LogP contribution is 2.30. The van der Waals surface area contributed by atoms with Crippen LogP contribution in [0.2, 0.25) is 0 Å². The van der Waals surface area contributed by atoms with Gasteiger partial charge in [0.2, 0.25) is 0 Å². The van der Waals surface area contributed by atoms with E-state index < -0.39 is 0 Å². The number of carbonyl (C=O) groups is 2. The molecular formula is C25H25N3O3. The van der Waals surface area contributed by atoms with Gasteiger partial charge in [-0.1, -0.05) is 42.5 Å². The van der Waals surface area contributed by atoms with Crippen LogP contribution in [0.25, 0.3) is 11.1 Å². The Morgan fingerprint density at radius 3 is 2.32 bits per heavy atom. The molecule has 6 heteroatoms. The molecule has 1 aliphatic rings. The molecule has 1 aromatic heterocycles. The lowest BCUT2D eigenvalue weighted by molar-refractivity contribution is 0.0793. The van der Waals surface area contributed by atoms with Gasteiger partial charge in [0.1, 0.15) is 5.76 Å². The molecule has 0 bridgehead atoms. The van der Waals surface area contributed by atoms with E-state index in [9.17, 15) is 9.59 Å². The van der Waals surface area contributed by atoms with E-state index >= 15 is 0 Å². The molecule has 6 nitrogen and oxygen atoms in total. The second kappa shape index (κ2) is 8.60. The van der Waals surface area contributed by atoms with Crippen molar-refractivity contribution in [1.82, 2.24) is 10.3 Å². The number of hydrogen-bond acceptors (Lipinski definition) is 4. The van der Waals surface area contributed by atoms with Crippen LogP contribution in [0.5, 0.6) is 0 Å². The quantitative estimate of drug-likeness (QED) is 0.641. The highest BCUT2D eigenvalue weighted by molar-refractivity contribution is 6.07. The molecule has 4 rings (SSSR count). The summed E-state index contributed by atoms with van der Waals surface area (Å²) in [5.41, 5.74) is 7.71. The van der Waals surface area contributed by atoms with Crippen LogP contribution < -0.4 is 5.43 Å². The lowest BCUT2D eigenvalue weighted by Gasteiger charge is -2.13. The minimum absolute atomic E-state index is 0.172. The first-order valence-corrected chi connectivity index (χ1v) is 10.3. The van der Waals surface area contributed by atoms with Crippen LogP contribution in [0.3, 0.4) is 0 Å². The molecular weight excluding hydrogens is 390 g/mol. The molecule has 31 heavy (non-hydrogen) atoms. The molecule has 3 aromatic rings. The smallest absolute Gasteiger partial charge is 0.289 e. The van der Waals surface area contributed by atoms with Crippen molar-refractivity contribution in [3.8, 4) is 11.1 Å². The van der Waals surface area contributed by atoms with Gasteiger partial charge in [-0.25, -0.2) is 5.43 Å². The number of rotatable bonds is 4. The lowest BCUT2D eigenvalue weighted by atomic mass is 9.93. The van der Waals surface area contributed by atoms with E-state index in [4.69, 9.17) is 4.42 Å². The maximum atomic E-state index is 12.6. The Morgan fingerprint density at radius 1 is 0.968 bits per heavy atom. The third kappa shape index (κ3) is 4.14. The molecule has 0 fully saturated rings. The van der Waals surface area contributed by atoms with Crippen molar-refractivity contribution in [3.05, 3.63) is 82.8 Å². The number of aryl methyl sites for hydroxylation is 1. The van der Waals surface area contributed by atoms with E-state index in [0.29, 0.717) is 11.3 Å². The van der Waals surface area contributed by atoms with Crippen LogP contribution in [0.15, 0.2) is 64.1 Å². The zero-order valence-electron chi connectivity index (χ0n) is 17.9. The summed E-state index contributed by atoms with van der Waals surface area (Å²) in [6, 6.07) is 17.4. The van der Waals surface area contributed by atoms with Gasteiger partial charge in [0.15, 0.2) is 5.76 Å². The van der Waals surface area contributed by atoms with Crippen molar-refractivity contribution in [2.75, 3.05) is 14.1 Å². The number of nitrogens with one attached hydrogen (secondary N) is 1. The van der Waals surface area contributed by atoms with Gasteiger partial charge >= 0.3 is 0 Å². The van der Waals surface area contributed by atoms with Gasteiger partial charge in [0.25, 0.3) is 11.8 Å². The van der Waals surface area contributed by atoms with Gasteiger partial charge in [-0.15, -0.1) is 0 Å². The Bertz CT molecular complexity index is 1140. The van der Waals surface area contributed by atoms with Crippen molar-refractivity contribution in [3.63, 3.8) is 0 Å². The number of hydrogen-bond donors (Lipinski definition) is 1. The number of furan rings is 1. The molecule has 0 radical (unpaired) electrons. The van der Waals surface area contributed by atoms with E-state index in [2.05, 4.69) is 10.5 Å². The van der Waals surface area contributed by atoms with Crippen LogP contribution in [0, 0.1) is 6.92 Å². The molecule has 2 amide bonds. The molecule has 0 aliphatic heterocycles. The van der Waals surface area contributed by atoms with Crippen molar-refractivity contribution in [2.24, 2.45) is 5.10 Å². The summed E-state index contributed by atoms with van der Waals surface area (Å²) in [5, 5.41) is 4.39. The van der Waals surface area contributed by atoms with Gasteiger partial charge in [-0.2, -0.15) is 5.10 Å². The SMILES string of the molecule is Cc1c(C(=O)N(C)C)oc2c1/C(=N/NC(=O)c1ccc(-c3ccccc3)cc1)CCC2. The summed E-state index contributed by atoms with van der Waals surface area (Å²) < 4.78 is 5.85. The van der Waals surface area contributed by atoms with Gasteiger partial charge in [-0.05, 0) is 43.0 Å². The number of fused-ring (bicyclic) bond motifs is 1. The monoisotopic (exact) mass is 415 g/mol. The van der Waals surface area contributed by atoms with Gasteiger partial charge in [0, 0.05) is 37.2 Å². The second-order valence-electron chi connectivity index (χ2n) is 7.85. The molecule has 2 aromatic carbocycles. The maximum absolute atomic E-state index is 12.6. The molecule has 0 atom stereocenters. The summed E-state index contributed by atoms with van der Waals surface area (Å²) in [4.78, 5) is 26.5. The summed E-state index contributed by atoms with van der Waals surface area (Å²) in [7, 11) is 3.39. The van der Waals surface area contributed by atoms with Crippen molar-refractivity contribution in [1.29, 1.82) is 0 Å². The van der Waals surface area contributed by atoms with Gasteiger partial charge < -0.3 is 9.32 Å². The fraction of sp³-hybridized carbons (Fsp3) is 0.240. The van der Waals surface area contributed by atoms with Crippen molar-refractivity contribution < 1.29 is 14.0 Å². The molecule has 1 N–H and O–H groups in total. The van der Waals surface area contributed by atoms with E-state index in [-0.39, 0.29) is 11.8 Å². The number of carbonyl (C=O) groups excluding carboxylic acids is 2. The average molecular weight is 415 g/mol. The van der Waals surface area contributed by atoms with Gasteiger partial charge in [0.05, 0.1) is 5.71 Å². The number of nitrogens with zero attached hydrogens (tertiary/aromatic N) is 2. The number of hydrazone groups is 1. The zero-order valence-corrected chi connectivity index (χ0v) is 17.9. The highest BCUT2D eigenvalue weighted by Gasteiger charge is 2.28. The molecule has 1 heterocycles. The largest absolute Gasteiger partial charge is 0.455 e. The van der Waals surface area contributed by atoms with E-state index in [1.807, 2.05) is 49.4 Å². The molecule has 158 valence electrons. The van der Waals surface area contributed by atoms with Gasteiger partial charge in [-0.3, -0.25) is 9.59 Å². The first-order valence-electron chi connectivity index (χ1n) is 10.3. The lowest BCUT2D eigenvalue weighted by Crippen LogP contribution is -2.23. The second-order valence-corrected chi connectivity index (χ2v) is 7.85. The molecule has 1 aliphatic carbocycles. The topological polar surface area (TPSA) is 74.9 Å². The van der Waals surface area contributed by atoms with E-state index in [1.54, 1.807) is 26.2 Å². The van der Waals surface area contributed by atoms with Crippen LogP contribution >= 0.6 is 0 Å². The molecule has 0 unspecified atom stereocenters. The van der Waals surface area contributed by atoms with Crippen LogP contribution in [-0.4, -0.2) is 36.5 Å². The molecule has 0 spiro atoms. The van der Waals surface area contributed by atoms with Crippen LogP contribution in [-0.2, 0) is 6.42 Å². The Labute approximate surface area is 181 Å². The van der Waals surface area contributed by atoms with Crippen LogP contribution in [0.4, 0.5) is 0 Å². The number of benzene rings is 2. The van der Waals surface area contributed by atoms with Crippen molar-refractivity contribution in [2.45, 2.75) is 26.2 Å². The summed E-state index contributed by atoms with van der Waals surface area (Å²) in [6.07, 6.45) is 2.33. The molecule has 0 saturated carbocycles. The predicted octanol–water partition coefficient (Wildman–Crippen LogP) is 4.43. The Hall–Kier alpha value is -3.67. The Balaban J connectivity index is 1.53. The minimum atomic E-state index is -0.273. The van der Waals surface area contributed by atoms with Crippen LogP contribution in [0.1, 0.15) is 50.6 Å². The highest BCUT2D eigenvalue weighted by atomic mass is 16.4. The third-order valence-electron chi connectivity index (χ3n) is 5.47. The summed E-state index contributed by atoms with van der Waals surface area (Å²) in [6.45, 7) is 1.87. The fourth-order valence-corrected chi connectivity index (χ4v) is 3.81. The average Bonchev–Trinajstić information content (AvgIpc) is 3.14. The first kappa shape index (κ1) is 20.6. The zero-order chi connectivity index (χ0) is 22.0. The van der Waals surface area contributed by atoms with E-state index in [1.165, 1.54) is 4.90 Å². The summed E-state index contributed by atoms with van der Waals surface area (Å²) >= 11 is 0. The fourth-order valence-electron chi connectivity index (χ4n) is 3.81. The molecule has 0 saturated heterocycles. The standard InChI is InChI=1S/C25H25N3O3/c1-16-22-20(10-7-11-21(22)31-23(16)25(30)28(2)3)26-27-24(29)19-14-12-18(13-15-19)17-8-5-4-6-9-17/h4-6,8-9,12-15H,7,10-11H2,1-3H3,(H,27,29)/b26-20+. The maximum Gasteiger partial charge on any atom is 0.289 e. The predicted molar refractivity (Wildman–Crippen MR) is 120 cm³/mol. The third-order valence-corrected chi connectivity index (χ3v) is 5.47. The van der Waals surface area contributed by atoms with E-state index in [0.717, 1.165) is 53.0 Å². The first-order chi connectivity index (χ1) is 15.0. The van der Waals surface area contributed by atoms with Crippen molar-refractivity contribution >= 4 is 17.5 Å². The number of amides is 2.